The molecule has 14 heteroatoms. The zero-order valence-corrected chi connectivity index (χ0v) is 47.2. The molecule has 0 bridgehead atoms. The van der Waals surface area contributed by atoms with Crippen LogP contribution in [0.25, 0.3) is 0 Å². The van der Waals surface area contributed by atoms with Crippen LogP contribution in [0.5, 0.6) is 0 Å². The minimum absolute atomic E-state index is 0.214. The molecule has 0 saturated carbocycles. The monoisotopic (exact) mass is 1080 g/mol. The molecule has 9 N–H and O–H groups in total. The third-order valence-corrected chi connectivity index (χ3v) is 14.4. The van der Waals surface area contributed by atoms with Gasteiger partial charge < -0.3 is 65.1 Å². The largest absolute Gasteiger partial charge is 0.394 e. The first-order valence-corrected chi connectivity index (χ1v) is 30.2. The lowest BCUT2D eigenvalue weighted by Crippen LogP contribution is -2.65. The highest BCUT2D eigenvalue weighted by atomic mass is 16.7. The highest BCUT2D eigenvalue weighted by Gasteiger charge is 2.51. The Hall–Kier alpha value is -2.57. The van der Waals surface area contributed by atoms with E-state index in [1.165, 1.54) is 96.3 Å². The minimum Gasteiger partial charge on any atom is -0.394 e. The summed E-state index contributed by atoms with van der Waals surface area (Å²) in [6, 6.07) is -0.834. The van der Waals surface area contributed by atoms with Gasteiger partial charge in [-0.3, -0.25) is 4.79 Å². The highest BCUT2D eigenvalue weighted by Crippen LogP contribution is 2.30. The van der Waals surface area contributed by atoms with E-state index in [9.17, 15) is 45.6 Å². The van der Waals surface area contributed by atoms with Crippen LogP contribution in [0.4, 0.5) is 0 Å². The molecule has 1 amide bonds. The summed E-state index contributed by atoms with van der Waals surface area (Å²) in [5, 5.41) is 87.2. The minimum atomic E-state index is -1.78. The third-order valence-electron chi connectivity index (χ3n) is 14.4. The first-order chi connectivity index (χ1) is 37.1. The van der Waals surface area contributed by atoms with Gasteiger partial charge in [0.15, 0.2) is 12.6 Å². The summed E-state index contributed by atoms with van der Waals surface area (Å²) in [6.07, 6.45) is 44.7. The standard InChI is InChI=1S/C62H109NO13/c1-3-5-7-9-11-13-15-17-18-19-20-21-22-23-24-25-26-27-28-29-30-31-32-34-36-38-40-42-44-46-54(67)63-50(51(66)45-43-41-39-37-35-33-16-14-12-10-8-6-4-2)49-73-61-59(72)57(70)60(53(48-65)75-61)76-62-58(71)56(69)55(68)52(47-64)74-62/h5,7,11,13,17-18,20-21,23-24,26-27,50-53,55-62,64-66,68-72H,3-4,6,8-10,12,14-16,19,22,25,28-49H2,1-2H3,(H,63,67)/b7-5-,13-11-,18-17-,21-20-,24-23-,27-26-. The molecule has 2 rings (SSSR count). The maximum Gasteiger partial charge on any atom is 0.220 e. The van der Waals surface area contributed by atoms with Crippen molar-refractivity contribution in [1.29, 1.82) is 0 Å². The summed E-state index contributed by atoms with van der Waals surface area (Å²) >= 11 is 0. The Morgan fingerprint density at radius 3 is 1.39 bits per heavy atom. The number of amides is 1. The number of aliphatic hydroxyl groups excluding tert-OH is 8. The van der Waals surface area contributed by atoms with Crippen molar-refractivity contribution in [2.75, 3.05) is 19.8 Å². The van der Waals surface area contributed by atoms with Gasteiger partial charge >= 0.3 is 0 Å². The van der Waals surface area contributed by atoms with Crippen molar-refractivity contribution >= 4 is 5.91 Å². The number of rotatable bonds is 47. The Morgan fingerprint density at radius 1 is 0.487 bits per heavy atom. The molecule has 0 aromatic carbocycles. The molecule has 2 heterocycles. The molecule has 2 aliphatic rings. The maximum absolute atomic E-state index is 13.3. The van der Waals surface area contributed by atoms with E-state index in [1.807, 2.05) is 0 Å². The summed E-state index contributed by atoms with van der Waals surface area (Å²) in [5.41, 5.74) is 0. The van der Waals surface area contributed by atoms with E-state index in [0.29, 0.717) is 19.3 Å². The van der Waals surface area contributed by atoms with Gasteiger partial charge in [0.1, 0.15) is 48.8 Å². The number of aliphatic hydroxyl groups is 8. The number of nitrogens with one attached hydrogen (secondary N) is 1. The number of carbonyl (C=O) groups excluding carboxylic acids is 1. The molecular formula is C62H109NO13. The van der Waals surface area contributed by atoms with Crippen LogP contribution in [0, 0.1) is 0 Å². The van der Waals surface area contributed by atoms with Gasteiger partial charge in [-0.05, 0) is 64.2 Å². The molecular weight excluding hydrogens is 967 g/mol. The lowest BCUT2D eigenvalue weighted by Gasteiger charge is -2.46. The Kier molecular flexibility index (Phi) is 43.2. The fourth-order valence-electron chi connectivity index (χ4n) is 9.59. The highest BCUT2D eigenvalue weighted by molar-refractivity contribution is 5.76. The Labute approximate surface area is 459 Å². The van der Waals surface area contributed by atoms with Crippen molar-refractivity contribution in [3.8, 4) is 0 Å². The zero-order valence-electron chi connectivity index (χ0n) is 47.2. The number of allylic oxidation sites excluding steroid dienone is 12. The number of carbonyl (C=O) groups is 1. The summed E-state index contributed by atoms with van der Waals surface area (Å²) in [4.78, 5) is 13.3. The van der Waals surface area contributed by atoms with Crippen molar-refractivity contribution in [2.24, 2.45) is 0 Å². The lowest BCUT2D eigenvalue weighted by atomic mass is 9.97. The maximum atomic E-state index is 13.3. The van der Waals surface area contributed by atoms with E-state index < -0.39 is 86.8 Å². The molecule has 440 valence electrons. The molecule has 2 fully saturated rings. The van der Waals surface area contributed by atoms with E-state index in [-0.39, 0.29) is 12.5 Å². The van der Waals surface area contributed by atoms with Crippen LogP contribution < -0.4 is 5.32 Å². The molecule has 76 heavy (non-hydrogen) atoms. The van der Waals surface area contributed by atoms with Crippen LogP contribution in [-0.4, -0.2) is 140 Å². The Morgan fingerprint density at radius 2 is 0.908 bits per heavy atom. The molecule has 0 radical (unpaired) electrons. The van der Waals surface area contributed by atoms with Crippen LogP contribution in [0.2, 0.25) is 0 Å². The topological polar surface area (TPSA) is 228 Å². The summed E-state index contributed by atoms with van der Waals surface area (Å²) in [6.45, 7) is 2.73. The molecule has 0 aromatic rings. The van der Waals surface area contributed by atoms with Gasteiger partial charge in [0.05, 0.1) is 32.0 Å². The fourth-order valence-corrected chi connectivity index (χ4v) is 9.59. The van der Waals surface area contributed by atoms with Gasteiger partial charge in [0.2, 0.25) is 5.91 Å². The Bertz CT molecular complexity index is 1550. The van der Waals surface area contributed by atoms with Gasteiger partial charge in [-0.25, -0.2) is 0 Å². The molecule has 0 aromatic heterocycles. The van der Waals surface area contributed by atoms with Gasteiger partial charge in [-0.2, -0.15) is 0 Å². The SMILES string of the molecule is CC/C=C\C/C=C\C/C=C\C/C=C\C/C=C\C/C=C\CCCCCCCCCCCCC(=O)NC(COC1OC(CO)C(OC2OC(CO)C(O)C(O)C2O)C(O)C1O)C(O)CCCCCCCCCCCCCCC. The second kappa shape index (κ2) is 47.3. The van der Waals surface area contributed by atoms with Crippen molar-refractivity contribution in [1.82, 2.24) is 5.32 Å². The second-order valence-electron chi connectivity index (χ2n) is 21.1. The van der Waals surface area contributed by atoms with Gasteiger partial charge in [0.25, 0.3) is 0 Å². The van der Waals surface area contributed by atoms with Crippen molar-refractivity contribution in [2.45, 2.75) is 293 Å². The predicted molar refractivity (Wildman–Crippen MR) is 304 cm³/mol. The van der Waals surface area contributed by atoms with E-state index in [0.717, 1.165) is 89.9 Å². The average Bonchev–Trinajstić information content (AvgIpc) is 3.42. The second-order valence-corrected chi connectivity index (χ2v) is 21.1. The first kappa shape index (κ1) is 69.5. The predicted octanol–water partition coefficient (Wildman–Crippen LogP) is 10.3. The van der Waals surface area contributed by atoms with Gasteiger partial charge in [-0.15, -0.1) is 0 Å². The molecule has 2 aliphatic heterocycles. The average molecular weight is 1080 g/mol. The summed E-state index contributed by atoms with van der Waals surface area (Å²) in [5.74, 6) is -0.214. The normalized spacial score (nSPS) is 25.4. The van der Waals surface area contributed by atoms with Crippen molar-refractivity contribution in [3.05, 3.63) is 72.9 Å². The molecule has 0 aliphatic carbocycles. The van der Waals surface area contributed by atoms with Crippen LogP contribution in [-0.2, 0) is 23.7 Å². The van der Waals surface area contributed by atoms with E-state index >= 15 is 0 Å². The van der Waals surface area contributed by atoms with Crippen LogP contribution in [0.3, 0.4) is 0 Å². The molecule has 0 spiro atoms. The quantitative estimate of drug-likeness (QED) is 0.0204. The smallest absolute Gasteiger partial charge is 0.220 e. The van der Waals surface area contributed by atoms with E-state index in [1.54, 1.807) is 0 Å². The number of hydrogen-bond acceptors (Lipinski definition) is 13. The Balaban J connectivity index is 1.70. The van der Waals surface area contributed by atoms with E-state index in [4.69, 9.17) is 18.9 Å². The summed E-state index contributed by atoms with van der Waals surface area (Å²) in [7, 11) is 0. The van der Waals surface area contributed by atoms with Gasteiger partial charge in [-0.1, -0.05) is 222 Å². The van der Waals surface area contributed by atoms with Crippen LogP contribution >= 0.6 is 0 Å². The van der Waals surface area contributed by atoms with Crippen molar-refractivity contribution in [3.63, 3.8) is 0 Å². The number of ether oxygens (including phenoxy) is 4. The lowest BCUT2D eigenvalue weighted by molar-refractivity contribution is -0.359. The molecule has 12 unspecified atom stereocenters. The van der Waals surface area contributed by atoms with Crippen molar-refractivity contribution < 1.29 is 64.6 Å². The third kappa shape index (κ3) is 32.5. The van der Waals surface area contributed by atoms with Gasteiger partial charge in [0, 0.05) is 6.42 Å². The van der Waals surface area contributed by atoms with Crippen LogP contribution in [0.1, 0.15) is 219 Å². The van der Waals surface area contributed by atoms with Crippen LogP contribution in [0.15, 0.2) is 72.9 Å². The number of hydrogen-bond donors (Lipinski definition) is 9. The fraction of sp³-hybridized carbons (Fsp3) is 0.790. The molecule has 2 saturated heterocycles. The zero-order chi connectivity index (χ0) is 55.3. The summed E-state index contributed by atoms with van der Waals surface area (Å²) < 4.78 is 22.8. The molecule has 12 atom stereocenters. The first-order valence-electron chi connectivity index (χ1n) is 30.2. The van der Waals surface area contributed by atoms with E-state index in [2.05, 4.69) is 92.1 Å². The number of unbranched alkanes of at least 4 members (excludes halogenated alkanes) is 22. The molecule has 14 nitrogen and oxygen atoms in total.